The van der Waals surface area contributed by atoms with Crippen molar-refractivity contribution < 1.29 is 18.1 Å². The van der Waals surface area contributed by atoms with Crippen molar-refractivity contribution in [1.29, 1.82) is 0 Å². The molecule has 136 valence electrons. The van der Waals surface area contributed by atoms with Gasteiger partial charge in [-0.05, 0) is 23.6 Å². The zero-order valence-electron chi connectivity index (χ0n) is 13.9. The summed E-state index contributed by atoms with van der Waals surface area (Å²) in [5, 5.41) is 21.2. The summed E-state index contributed by atoms with van der Waals surface area (Å²) in [6.07, 6.45) is 0. The molecule has 0 radical (unpaired) electrons. The molecule has 0 saturated carbocycles. The third-order valence-corrected chi connectivity index (χ3v) is 5.19. The van der Waals surface area contributed by atoms with Gasteiger partial charge in [0.05, 0.1) is 5.69 Å². The predicted octanol–water partition coefficient (Wildman–Crippen LogP) is 4.71. The van der Waals surface area contributed by atoms with E-state index in [1.807, 2.05) is 24.3 Å². The zero-order chi connectivity index (χ0) is 19.0. The maximum absolute atomic E-state index is 11.6. The monoisotopic (exact) mass is 402 g/mol. The number of benzene rings is 4. The number of azo groups is 1. The van der Waals surface area contributed by atoms with Crippen LogP contribution in [0.25, 0.3) is 21.5 Å². The summed E-state index contributed by atoms with van der Waals surface area (Å²) < 4.78 is 32.6. The normalized spacial score (nSPS) is 11.8. The molecule has 8 heteroatoms. The van der Waals surface area contributed by atoms with Crippen molar-refractivity contribution in [3.63, 3.8) is 0 Å². The van der Waals surface area contributed by atoms with E-state index >= 15 is 0 Å². The van der Waals surface area contributed by atoms with Crippen LogP contribution in [0.3, 0.4) is 0 Å². The minimum atomic E-state index is -4.36. The summed E-state index contributed by atoms with van der Waals surface area (Å²) in [7, 11) is -4.36. The Kier molecular flexibility index (Phi) is 5.83. The quantitative estimate of drug-likeness (QED) is 0.294. The molecule has 0 saturated heterocycles. The first-order chi connectivity index (χ1) is 12.9. The molecule has 0 unspecified atom stereocenters. The van der Waals surface area contributed by atoms with Crippen molar-refractivity contribution in [2.75, 3.05) is 0 Å². The van der Waals surface area contributed by atoms with E-state index in [1.54, 1.807) is 36.4 Å². The molecule has 0 fully saturated rings. The maximum atomic E-state index is 11.6. The molecule has 0 bridgehead atoms. The van der Waals surface area contributed by atoms with Crippen LogP contribution in [0.15, 0.2) is 87.9 Å². The SMILES string of the molecule is O=S(=O)(O)c1cccc2c(N=Nc3c(O)ccc4ccccc34)cccc12.[NaH]. The van der Waals surface area contributed by atoms with Crippen molar-refractivity contribution >= 4 is 72.6 Å². The molecule has 0 spiro atoms. The number of nitrogens with zero attached hydrogens (tertiary/aromatic N) is 2. The number of rotatable bonds is 3. The average molecular weight is 402 g/mol. The van der Waals surface area contributed by atoms with E-state index in [0.717, 1.165) is 10.8 Å². The molecule has 0 aliphatic heterocycles. The number of fused-ring (bicyclic) bond motifs is 2. The van der Waals surface area contributed by atoms with E-state index < -0.39 is 10.1 Å². The molecular weight excluding hydrogens is 387 g/mol. The summed E-state index contributed by atoms with van der Waals surface area (Å²) in [6.45, 7) is 0. The standard InChI is InChI=1S/C20H14N2O4S.Na.H/c23-18-12-11-13-5-1-2-6-14(13)20(18)22-21-17-9-3-8-16-15(17)7-4-10-19(16)27(24,25)26;;/h1-12,23H,(H,24,25,26);;. The van der Waals surface area contributed by atoms with Crippen LogP contribution in [0, 0.1) is 0 Å². The molecule has 0 amide bonds. The van der Waals surface area contributed by atoms with E-state index in [4.69, 9.17) is 0 Å². The summed E-state index contributed by atoms with van der Waals surface area (Å²) in [4.78, 5) is -0.190. The second-order valence-electron chi connectivity index (χ2n) is 5.96. The second kappa shape index (κ2) is 7.98. The third kappa shape index (κ3) is 3.80. The molecule has 0 aliphatic rings. The Morgan fingerprint density at radius 1 is 0.714 bits per heavy atom. The Hall–Kier alpha value is -2.29. The van der Waals surface area contributed by atoms with E-state index in [-0.39, 0.29) is 40.2 Å². The van der Waals surface area contributed by atoms with Crippen molar-refractivity contribution in [2.24, 2.45) is 10.2 Å². The number of phenolic OH excluding ortho intramolecular Hbond substituents is 1. The van der Waals surface area contributed by atoms with Crippen LogP contribution < -0.4 is 0 Å². The van der Waals surface area contributed by atoms with Gasteiger partial charge in [0.2, 0.25) is 0 Å². The Balaban J connectivity index is 0.00000225. The van der Waals surface area contributed by atoms with Crippen LogP contribution in [-0.2, 0) is 10.1 Å². The number of hydrogen-bond donors (Lipinski definition) is 2. The second-order valence-corrected chi connectivity index (χ2v) is 7.35. The Bertz CT molecular complexity index is 1320. The fourth-order valence-electron chi connectivity index (χ4n) is 3.03. The van der Waals surface area contributed by atoms with Gasteiger partial charge in [-0.15, -0.1) is 10.2 Å². The van der Waals surface area contributed by atoms with Crippen LogP contribution in [0.1, 0.15) is 0 Å². The summed E-state index contributed by atoms with van der Waals surface area (Å²) in [5.74, 6) is -0.00342. The van der Waals surface area contributed by atoms with Crippen LogP contribution in [0.5, 0.6) is 5.75 Å². The van der Waals surface area contributed by atoms with Gasteiger partial charge in [-0.3, -0.25) is 4.55 Å². The van der Waals surface area contributed by atoms with Crippen molar-refractivity contribution in [3.8, 4) is 5.75 Å². The molecular formula is C20H15N2NaO4S. The third-order valence-electron chi connectivity index (χ3n) is 4.27. The zero-order valence-corrected chi connectivity index (χ0v) is 14.8. The van der Waals surface area contributed by atoms with Crippen LogP contribution in [0.2, 0.25) is 0 Å². The van der Waals surface area contributed by atoms with E-state index in [1.165, 1.54) is 12.1 Å². The number of aromatic hydroxyl groups is 1. The Morgan fingerprint density at radius 3 is 2.18 bits per heavy atom. The molecule has 4 aromatic rings. The molecule has 2 N–H and O–H groups in total. The summed E-state index contributed by atoms with van der Waals surface area (Å²) >= 11 is 0. The fraction of sp³-hybridized carbons (Fsp3) is 0. The number of hydrogen-bond acceptors (Lipinski definition) is 5. The van der Waals surface area contributed by atoms with Gasteiger partial charge in [0, 0.05) is 16.2 Å². The first-order valence-corrected chi connectivity index (χ1v) is 9.51. The van der Waals surface area contributed by atoms with Gasteiger partial charge < -0.3 is 5.11 Å². The predicted molar refractivity (Wildman–Crippen MR) is 111 cm³/mol. The van der Waals surface area contributed by atoms with Gasteiger partial charge in [-0.2, -0.15) is 8.42 Å². The first kappa shape index (κ1) is 20.4. The van der Waals surface area contributed by atoms with Gasteiger partial charge >= 0.3 is 29.6 Å². The van der Waals surface area contributed by atoms with Crippen LogP contribution in [0.4, 0.5) is 11.4 Å². The average Bonchev–Trinajstić information content (AvgIpc) is 2.66. The van der Waals surface area contributed by atoms with Crippen LogP contribution in [-0.4, -0.2) is 47.6 Å². The molecule has 0 atom stereocenters. The molecule has 4 aromatic carbocycles. The number of phenols is 1. The topological polar surface area (TPSA) is 99.3 Å². The molecule has 0 heterocycles. The van der Waals surface area contributed by atoms with Gasteiger partial charge in [-0.1, -0.05) is 54.6 Å². The van der Waals surface area contributed by atoms with Crippen LogP contribution >= 0.6 is 0 Å². The Labute approximate surface area is 183 Å². The summed E-state index contributed by atoms with van der Waals surface area (Å²) in [5.41, 5.74) is 0.751. The van der Waals surface area contributed by atoms with Gasteiger partial charge in [-0.25, -0.2) is 0 Å². The van der Waals surface area contributed by atoms with Gasteiger partial charge in [0.25, 0.3) is 10.1 Å². The van der Waals surface area contributed by atoms with E-state index in [9.17, 15) is 18.1 Å². The Morgan fingerprint density at radius 2 is 1.39 bits per heavy atom. The van der Waals surface area contributed by atoms with Crippen molar-refractivity contribution in [1.82, 2.24) is 0 Å². The van der Waals surface area contributed by atoms with Crippen molar-refractivity contribution in [3.05, 3.63) is 72.8 Å². The van der Waals surface area contributed by atoms with Gasteiger partial charge in [0.15, 0.2) is 0 Å². The van der Waals surface area contributed by atoms with Gasteiger partial charge in [0.1, 0.15) is 16.3 Å². The summed E-state index contributed by atoms with van der Waals surface area (Å²) in [6, 6.07) is 20.3. The minimum absolute atomic E-state index is 0. The molecule has 4 rings (SSSR count). The first-order valence-electron chi connectivity index (χ1n) is 8.07. The molecule has 28 heavy (non-hydrogen) atoms. The van der Waals surface area contributed by atoms with E-state index in [2.05, 4.69) is 10.2 Å². The van der Waals surface area contributed by atoms with E-state index in [0.29, 0.717) is 22.1 Å². The molecule has 0 aliphatic carbocycles. The molecule has 0 aromatic heterocycles. The fourth-order valence-corrected chi connectivity index (χ4v) is 3.74. The molecule has 6 nitrogen and oxygen atoms in total. The van der Waals surface area contributed by atoms with Crippen molar-refractivity contribution in [2.45, 2.75) is 4.90 Å².